The topological polar surface area (TPSA) is 67.6 Å². The number of H-pyrrole nitrogens is 1. The third kappa shape index (κ3) is 2.85. The lowest BCUT2D eigenvalue weighted by Gasteiger charge is -2.00. The molecule has 0 fully saturated rings. The van der Waals surface area contributed by atoms with E-state index in [1.165, 1.54) is 5.56 Å². The summed E-state index contributed by atoms with van der Waals surface area (Å²) in [6.07, 6.45) is 1.72. The third-order valence-corrected chi connectivity index (χ3v) is 3.17. The van der Waals surface area contributed by atoms with Crippen molar-refractivity contribution in [3.05, 3.63) is 66.0 Å². The first-order chi connectivity index (χ1) is 9.81. The Bertz CT molecular complexity index is 688. The molecule has 4 heteroatoms. The Hall–Kier alpha value is -2.62. The van der Waals surface area contributed by atoms with Crippen LogP contribution in [0, 0.1) is 0 Å². The van der Waals surface area contributed by atoms with Crippen molar-refractivity contribution in [2.45, 2.75) is 12.8 Å². The Morgan fingerprint density at radius 3 is 2.60 bits per heavy atom. The van der Waals surface area contributed by atoms with Crippen LogP contribution in [0.5, 0.6) is 0 Å². The van der Waals surface area contributed by atoms with Gasteiger partial charge in [0.05, 0.1) is 0 Å². The molecule has 0 aliphatic carbocycles. The predicted molar refractivity (Wildman–Crippen MR) is 80.1 cm³/mol. The van der Waals surface area contributed by atoms with Gasteiger partial charge in [0.2, 0.25) is 0 Å². The van der Waals surface area contributed by atoms with E-state index in [0.717, 1.165) is 35.7 Å². The SMILES string of the molecule is Nc1cccc(CCc2nc(-c3ccccc3)n[nH]2)c1. The number of anilines is 1. The van der Waals surface area contributed by atoms with Crippen LogP contribution in [0.1, 0.15) is 11.4 Å². The molecule has 0 aliphatic heterocycles. The zero-order valence-electron chi connectivity index (χ0n) is 11.1. The molecule has 0 atom stereocenters. The average Bonchev–Trinajstić information content (AvgIpc) is 2.95. The van der Waals surface area contributed by atoms with E-state index in [1.807, 2.05) is 48.5 Å². The van der Waals surface area contributed by atoms with Gasteiger partial charge in [-0.05, 0) is 24.1 Å². The molecule has 1 aromatic heterocycles. The van der Waals surface area contributed by atoms with Crippen molar-refractivity contribution >= 4 is 5.69 Å². The van der Waals surface area contributed by atoms with E-state index in [2.05, 4.69) is 21.2 Å². The van der Waals surface area contributed by atoms with Gasteiger partial charge in [0, 0.05) is 17.7 Å². The molecule has 0 spiro atoms. The number of benzene rings is 2. The number of aromatic amines is 1. The van der Waals surface area contributed by atoms with Gasteiger partial charge in [0.1, 0.15) is 5.82 Å². The van der Waals surface area contributed by atoms with Crippen LogP contribution < -0.4 is 5.73 Å². The highest BCUT2D eigenvalue weighted by molar-refractivity contribution is 5.53. The van der Waals surface area contributed by atoms with Gasteiger partial charge in [0.25, 0.3) is 0 Å². The molecule has 0 radical (unpaired) electrons. The second-order valence-electron chi connectivity index (χ2n) is 4.72. The number of aryl methyl sites for hydroxylation is 2. The molecule has 1 heterocycles. The number of hydrogen-bond acceptors (Lipinski definition) is 3. The van der Waals surface area contributed by atoms with Gasteiger partial charge in [-0.15, -0.1) is 0 Å². The summed E-state index contributed by atoms with van der Waals surface area (Å²) in [5.74, 6) is 1.64. The highest BCUT2D eigenvalue weighted by Crippen LogP contribution is 2.14. The minimum atomic E-state index is 0.744. The lowest BCUT2D eigenvalue weighted by atomic mass is 10.1. The molecule has 0 aliphatic rings. The summed E-state index contributed by atoms with van der Waals surface area (Å²) in [6.45, 7) is 0. The predicted octanol–water partition coefficient (Wildman–Crippen LogP) is 2.84. The molecule has 20 heavy (non-hydrogen) atoms. The maximum Gasteiger partial charge on any atom is 0.181 e. The number of hydrogen-bond donors (Lipinski definition) is 2. The number of nitrogen functional groups attached to an aromatic ring is 1. The molecule has 0 amide bonds. The molecule has 3 N–H and O–H groups in total. The van der Waals surface area contributed by atoms with Gasteiger partial charge in [-0.2, -0.15) is 5.10 Å². The summed E-state index contributed by atoms with van der Waals surface area (Å²) in [4.78, 5) is 4.52. The van der Waals surface area contributed by atoms with E-state index in [9.17, 15) is 0 Å². The van der Waals surface area contributed by atoms with E-state index >= 15 is 0 Å². The normalized spacial score (nSPS) is 10.6. The van der Waals surface area contributed by atoms with Crippen molar-refractivity contribution in [2.75, 3.05) is 5.73 Å². The molecule has 100 valence electrons. The summed E-state index contributed by atoms with van der Waals surface area (Å²) in [5, 5.41) is 7.25. The van der Waals surface area contributed by atoms with Crippen molar-refractivity contribution < 1.29 is 0 Å². The van der Waals surface area contributed by atoms with Gasteiger partial charge >= 0.3 is 0 Å². The van der Waals surface area contributed by atoms with Crippen molar-refractivity contribution in [2.24, 2.45) is 0 Å². The summed E-state index contributed by atoms with van der Waals surface area (Å²) in [6, 6.07) is 17.9. The monoisotopic (exact) mass is 264 g/mol. The number of nitrogens with two attached hydrogens (primary N) is 1. The van der Waals surface area contributed by atoms with Crippen molar-refractivity contribution in [1.29, 1.82) is 0 Å². The van der Waals surface area contributed by atoms with Crippen LogP contribution in [0.25, 0.3) is 11.4 Å². The maximum absolute atomic E-state index is 5.77. The fraction of sp³-hybridized carbons (Fsp3) is 0.125. The Morgan fingerprint density at radius 2 is 1.80 bits per heavy atom. The average molecular weight is 264 g/mol. The summed E-state index contributed by atoms with van der Waals surface area (Å²) in [5.41, 5.74) is 8.81. The molecule has 3 rings (SSSR count). The Balaban J connectivity index is 1.69. The summed E-state index contributed by atoms with van der Waals surface area (Å²) in [7, 11) is 0. The molecular weight excluding hydrogens is 248 g/mol. The minimum absolute atomic E-state index is 0.744. The van der Waals surface area contributed by atoms with Crippen molar-refractivity contribution in [1.82, 2.24) is 15.2 Å². The van der Waals surface area contributed by atoms with E-state index < -0.39 is 0 Å². The van der Waals surface area contributed by atoms with E-state index in [0.29, 0.717) is 0 Å². The number of aromatic nitrogens is 3. The van der Waals surface area contributed by atoms with Crippen LogP contribution in [0.4, 0.5) is 5.69 Å². The van der Waals surface area contributed by atoms with E-state index in [1.54, 1.807) is 0 Å². The molecule has 0 unspecified atom stereocenters. The second kappa shape index (κ2) is 5.57. The first-order valence-electron chi connectivity index (χ1n) is 6.62. The molecule has 0 bridgehead atoms. The van der Waals surface area contributed by atoms with Crippen LogP contribution in [0.2, 0.25) is 0 Å². The molecule has 3 aromatic rings. The van der Waals surface area contributed by atoms with Crippen molar-refractivity contribution in [3.63, 3.8) is 0 Å². The molecule has 0 saturated heterocycles. The van der Waals surface area contributed by atoms with Crippen LogP contribution in [-0.4, -0.2) is 15.2 Å². The van der Waals surface area contributed by atoms with E-state index in [-0.39, 0.29) is 0 Å². The molecule has 2 aromatic carbocycles. The first kappa shape index (κ1) is 12.4. The fourth-order valence-corrected chi connectivity index (χ4v) is 2.13. The minimum Gasteiger partial charge on any atom is -0.399 e. The smallest absolute Gasteiger partial charge is 0.181 e. The Kier molecular flexibility index (Phi) is 3.46. The fourth-order valence-electron chi connectivity index (χ4n) is 2.13. The Morgan fingerprint density at radius 1 is 0.950 bits per heavy atom. The number of nitrogens with one attached hydrogen (secondary N) is 1. The largest absolute Gasteiger partial charge is 0.399 e. The molecule has 4 nitrogen and oxygen atoms in total. The van der Waals surface area contributed by atoms with Crippen LogP contribution in [0.15, 0.2) is 54.6 Å². The number of rotatable bonds is 4. The highest BCUT2D eigenvalue weighted by Gasteiger charge is 2.05. The van der Waals surface area contributed by atoms with Crippen molar-refractivity contribution in [3.8, 4) is 11.4 Å². The summed E-state index contributed by atoms with van der Waals surface area (Å²) >= 11 is 0. The zero-order chi connectivity index (χ0) is 13.8. The highest BCUT2D eigenvalue weighted by atomic mass is 15.2. The quantitative estimate of drug-likeness (QED) is 0.712. The van der Waals surface area contributed by atoms with Gasteiger partial charge in [-0.1, -0.05) is 42.5 Å². The van der Waals surface area contributed by atoms with Gasteiger partial charge in [-0.3, -0.25) is 5.10 Å². The number of nitrogens with zero attached hydrogens (tertiary/aromatic N) is 2. The zero-order valence-corrected chi connectivity index (χ0v) is 11.1. The van der Waals surface area contributed by atoms with Gasteiger partial charge in [-0.25, -0.2) is 4.98 Å². The molecule has 0 saturated carbocycles. The van der Waals surface area contributed by atoms with Crippen LogP contribution >= 0.6 is 0 Å². The third-order valence-electron chi connectivity index (χ3n) is 3.17. The first-order valence-corrected chi connectivity index (χ1v) is 6.62. The lowest BCUT2D eigenvalue weighted by molar-refractivity contribution is 0.865. The van der Waals surface area contributed by atoms with Crippen LogP contribution in [0.3, 0.4) is 0 Å². The second-order valence-corrected chi connectivity index (χ2v) is 4.72. The van der Waals surface area contributed by atoms with Crippen LogP contribution in [-0.2, 0) is 12.8 Å². The van der Waals surface area contributed by atoms with Gasteiger partial charge < -0.3 is 5.73 Å². The Labute approximate surface area is 117 Å². The lowest BCUT2D eigenvalue weighted by Crippen LogP contribution is -1.95. The standard InChI is InChI=1S/C16H16N4/c17-14-8-4-5-12(11-14)9-10-15-18-16(20-19-15)13-6-2-1-3-7-13/h1-8,11H,9-10,17H2,(H,18,19,20). The molecular formula is C16H16N4. The van der Waals surface area contributed by atoms with Gasteiger partial charge in [0.15, 0.2) is 5.82 Å². The summed E-state index contributed by atoms with van der Waals surface area (Å²) < 4.78 is 0. The van der Waals surface area contributed by atoms with E-state index in [4.69, 9.17) is 5.73 Å². The maximum atomic E-state index is 5.77.